The summed E-state index contributed by atoms with van der Waals surface area (Å²) in [5, 5.41) is 1.07. The van der Waals surface area contributed by atoms with Crippen molar-refractivity contribution in [2.75, 3.05) is 6.54 Å². The number of pyridine rings is 2. The maximum absolute atomic E-state index is 5.20. The van der Waals surface area contributed by atoms with Gasteiger partial charge in [-0.05, 0) is 36.4 Å². The Kier molecular flexibility index (Phi) is 3.54. The molecule has 0 saturated heterocycles. The minimum absolute atomic E-state index is 0.768. The molecule has 152 valence electrons. The second-order valence-electron chi connectivity index (χ2n) is 7.80. The molecule has 0 fully saturated rings. The fourth-order valence-electron chi connectivity index (χ4n) is 4.63. The van der Waals surface area contributed by atoms with E-state index in [4.69, 9.17) is 9.97 Å². The molecule has 0 bridgehead atoms. The van der Waals surface area contributed by atoms with Crippen LogP contribution in [-0.4, -0.2) is 41.8 Å². The summed E-state index contributed by atoms with van der Waals surface area (Å²) < 4.78 is 4.34. The van der Waals surface area contributed by atoms with Crippen LogP contribution in [0.25, 0.3) is 55.6 Å². The van der Waals surface area contributed by atoms with Gasteiger partial charge in [0.25, 0.3) is 0 Å². The number of para-hydroxylation sites is 1. The molecule has 7 rings (SSSR count). The van der Waals surface area contributed by atoms with E-state index in [1.165, 1.54) is 0 Å². The number of rotatable bonds is 2. The Bertz CT molecular complexity index is 1720. The van der Waals surface area contributed by atoms with Gasteiger partial charge in [0, 0.05) is 48.9 Å². The van der Waals surface area contributed by atoms with Crippen molar-refractivity contribution in [3.63, 3.8) is 0 Å². The lowest BCUT2D eigenvalue weighted by molar-refractivity contribution is 0.955. The number of fused-ring (bicyclic) bond motifs is 6. The third kappa shape index (κ3) is 2.33. The lowest BCUT2D eigenvalue weighted by Crippen LogP contribution is -2.04. The number of aliphatic imine (C=N–C) groups is 1. The monoisotopic (exact) mass is 415 g/mol. The van der Waals surface area contributed by atoms with Crippen LogP contribution in [0.1, 0.15) is 6.42 Å². The maximum atomic E-state index is 5.20. The molecular formula is C25H17N7. The first kappa shape index (κ1) is 17.3. The quantitative estimate of drug-likeness (QED) is 0.408. The SMILES string of the molecule is C1=NCCC(n2c3cccnc3c3nc4c(nc32)c2ccccc2n4-c2ccncc2)=C1. The smallest absolute Gasteiger partial charge is 0.166 e. The predicted octanol–water partition coefficient (Wildman–Crippen LogP) is 4.79. The molecule has 1 aliphatic rings. The van der Waals surface area contributed by atoms with Crippen molar-refractivity contribution < 1.29 is 0 Å². The number of dihydropyridines is 1. The van der Waals surface area contributed by atoms with Gasteiger partial charge in [0.2, 0.25) is 0 Å². The lowest BCUT2D eigenvalue weighted by Gasteiger charge is -2.12. The molecule has 0 unspecified atom stereocenters. The summed E-state index contributed by atoms with van der Waals surface area (Å²) in [6.07, 6.45) is 10.2. The molecular weight excluding hydrogens is 398 g/mol. The average Bonchev–Trinajstić information content (AvgIpc) is 3.36. The van der Waals surface area contributed by atoms with Crippen molar-refractivity contribution in [2.24, 2.45) is 4.99 Å². The molecule has 0 N–H and O–H groups in total. The molecule has 7 heteroatoms. The zero-order valence-electron chi connectivity index (χ0n) is 17.1. The molecule has 7 nitrogen and oxygen atoms in total. The van der Waals surface area contributed by atoms with Crippen LogP contribution >= 0.6 is 0 Å². The third-order valence-electron chi connectivity index (χ3n) is 6.01. The van der Waals surface area contributed by atoms with Gasteiger partial charge in [-0.2, -0.15) is 0 Å². The van der Waals surface area contributed by atoms with E-state index in [1.54, 1.807) is 12.4 Å². The lowest BCUT2D eigenvalue weighted by atomic mass is 10.2. The summed E-state index contributed by atoms with van der Waals surface area (Å²) in [5.41, 5.74) is 8.40. The number of nitrogens with zero attached hydrogens (tertiary/aromatic N) is 7. The van der Waals surface area contributed by atoms with Crippen LogP contribution in [0, 0.1) is 0 Å². The zero-order chi connectivity index (χ0) is 21.1. The number of hydrogen-bond donors (Lipinski definition) is 0. The summed E-state index contributed by atoms with van der Waals surface area (Å²) in [6.45, 7) is 0.768. The highest BCUT2D eigenvalue weighted by atomic mass is 15.1. The van der Waals surface area contributed by atoms with E-state index in [0.717, 1.165) is 68.6 Å². The molecule has 6 heterocycles. The first-order chi connectivity index (χ1) is 15.9. The van der Waals surface area contributed by atoms with Crippen LogP contribution in [0.2, 0.25) is 0 Å². The van der Waals surface area contributed by atoms with E-state index >= 15 is 0 Å². The Balaban J connectivity index is 1.68. The van der Waals surface area contributed by atoms with Crippen LogP contribution in [0.5, 0.6) is 0 Å². The molecule has 0 amide bonds. The second-order valence-corrected chi connectivity index (χ2v) is 7.80. The van der Waals surface area contributed by atoms with Gasteiger partial charge in [0.15, 0.2) is 11.3 Å². The molecule has 32 heavy (non-hydrogen) atoms. The average molecular weight is 415 g/mol. The first-order valence-corrected chi connectivity index (χ1v) is 10.6. The number of benzene rings is 1. The minimum Gasteiger partial charge on any atom is -0.295 e. The highest BCUT2D eigenvalue weighted by molar-refractivity contribution is 6.12. The Morgan fingerprint density at radius 1 is 0.719 bits per heavy atom. The van der Waals surface area contributed by atoms with Crippen molar-refractivity contribution in [3.05, 3.63) is 73.2 Å². The van der Waals surface area contributed by atoms with Crippen LogP contribution in [-0.2, 0) is 0 Å². The van der Waals surface area contributed by atoms with Gasteiger partial charge in [-0.3, -0.25) is 24.1 Å². The molecule has 0 aliphatic carbocycles. The fraction of sp³-hybridized carbons (Fsp3) is 0.0800. The van der Waals surface area contributed by atoms with Crippen LogP contribution in [0.3, 0.4) is 0 Å². The highest BCUT2D eigenvalue weighted by Gasteiger charge is 2.22. The molecule has 0 spiro atoms. The second kappa shape index (κ2) is 6.55. The molecule has 1 aliphatic heterocycles. The Labute approximate surface area is 182 Å². The fourth-order valence-corrected chi connectivity index (χ4v) is 4.63. The molecule has 0 atom stereocenters. The van der Waals surface area contributed by atoms with Gasteiger partial charge in [-0.1, -0.05) is 18.2 Å². The largest absolute Gasteiger partial charge is 0.295 e. The van der Waals surface area contributed by atoms with Crippen LogP contribution in [0.4, 0.5) is 0 Å². The first-order valence-electron chi connectivity index (χ1n) is 10.6. The van der Waals surface area contributed by atoms with E-state index in [9.17, 15) is 0 Å². The highest BCUT2D eigenvalue weighted by Crippen LogP contribution is 2.35. The summed E-state index contributed by atoms with van der Waals surface area (Å²) in [5.74, 6) is 0. The van der Waals surface area contributed by atoms with Crippen molar-refractivity contribution in [1.29, 1.82) is 0 Å². The van der Waals surface area contributed by atoms with Gasteiger partial charge in [0.1, 0.15) is 16.6 Å². The topological polar surface area (TPSA) is 73.8 Å². The van der Waals surface area contributed by atoms with Crippen molar-refractivity contribution >= 4 is 56.2 Å². The van der Waals surface area contributed by atoms with E-state index < -0.39 is 0 Å². The Hall–Kier alpha value is -4.39. The van der Waals surface area contributed by atoms with Crippen molar-refractivity contribution in [1.82, 2.24) is 29.1 Å². The molecule has 5 aromatic heterocycles. The summed E-state index contributed by atoms with van der Waals surface area (Å²) in [6, 6.07) is 16.3. The van der Waals surface area contributed by atoms with Gasteiger partial charge < -0.3 is 0 Å². The predicted molar refractivity (Wildman–Crippen MR) is 127 cm³/mol. The normalized spacial score (nSPS) is 14.1. The van der Waals surface area contributed by atoms with Gasteiger partial charge in [-0.25, -0.2) is 9.97 Å². The summed E-state index contributed by atoms with van der Waals surface area (Å²) >= 11 is 0. The maximum Gasteiger partial charge on any atom is 0.166 e. The van der Waals surface area contributed by atoms with Crippen molar-refractivity contribution in [2.45, 2.75) is 6.42 Å². The summed E-state index contributed by atoms with van der Waals surface area (Å²) in [7, 11) is 0. The third-order valence-corrected chi connectivity index (χ3v) is 6.01. The van der Waals surface area contributed by atoms with E-state index in [-0.39, 0.29) is 0 Å². The van der Waals surface area contributed by atoms with E-state index in [1.807, 2.05) is 42.7 Å². The van der Waals surface area contributed by atoms with Gasteiger partial charge in [-0.15, -0.1) is 0 Å². The Morgan fingerprint density at radius 2 is 1.53 bits per heavy atom. The van der Waals surface area contributed by atoms with Gasteiger partial charge >= 0.3 is 0 Å². The van der Waals surface area contributed by atoms with Crippen LogP contribution in [0.15, 0.2) is 78.2 Å². The zero-order valence-corrected chi connectivity index (χ0v) is 17.1. The van der Waals surface area contributed by atoms with E-state index in [2.05, 4.69) is 48.4 Å². The van der Waals surface area contributed by atoms with E-state index in [0.29, 0.717) is 0 Å². The molecule has 0 saturated carbocycles. The number of hydrogen-bond acceptors (Lipinski definition) is 5. The van der Waals surface area contributed by atoms with Crippen LogP contribution < -0.4 is 0 Å². The molecule has 1 aromatic carbocycles. The minimum atomic E-state index is 0.768. The Morgan fingerprint density at radius 3 is 2.41 bits per heavy atom. The standard InChI is InChI=1S/C25H17N7/c1-2-5-19-18(4-1)21-24(31(19)16-7-12-26-13-8-16)30-23-22-20(6-3-11-28-22)32(25(23)29-21)17-9-14-27-15-10-17/h1-9,11-14H,10,15H2. The molecule has 0 radical (unpaired) electrons. The van der Waals surface area contributed by atoms with Crippen molar-refractivity contribution in [3.8, 4) is 5.69 Å². The molecule has 6 aromatic rings. The van der Waals surface area contributed by atoms with Gasteiger partial charge in [0.05, 0.1) is 16.7 Å². The number of aromatic nitrogens is 6. The number of allylic oxidation sites excluding steroid dienone is 1. The summed E-state index contributed by atoms with van der Waals surface area (Å²) in [4.78, 5) is 23.6.